The van der Waals surface area contributed by atoms with Crippen LogP contribution in [0.5, 0.6) is 11.5 Å². The molecular weight excluding hydrogens is 300 g/mol. The third-order valence-electron chi connectivity index (χ3n) is 3.91. The standard InChI is InChI=1S/C17H20O6/c1-21-14-9-5-6-11(15(14)22-2)10-23-17(20)13-8-4-3-7-12(13)16(18)19/h3-6,9,12-13H,7-8,10H2,1-2H3,(H,18,19). The van der Waals surface area contributed by atoms with Gasteiger partial charge in [0.05, 0.1) is 26.1 Å². The summed E-state index contributed by atoms with van der Waals surface area (Å²) in [5.74, 6) is -1.83. The summed E-state index contributed by atoms with van der Waals surface area (Å²) in [6.45, 7) is 0.00571. The van der Waals surface area contributed by atoms with Crippen molar-refractivity contribution in [1.29, 1.82) is 0 Å². The summed E-state index contributed by atoms with van der Waals surface area (Å²) in [5.41, 5.74) is 0.665. The van der Waals surface area contributed by atoms with Crippen molar-refractivity contribution in [1.82, 2.24) is 0 Å². The maximum absolute atomic E-state index is 12.2. The van der Waals surface area contributed by atoms with Gasteiger partial charge in [-0.15, -0.1) is 0 Å². The number of hydrogen-bond donors (Lipinski definition) is 1. The van der Waals surface area contributed by atoms with Gasteiger partial charge in [0.15, 0.2) is 11.5 Å². The summed E-state index contributed by atoms with van der Waals surface area (Å²) < 4.78 is 15.8. The van der Waals surface area contributed by atoms with Gasteiger partial charge in [0.1, 0.15) is 6.61 Å². The molecule has 6 heteroatoms. The predicted molar refractivity (Wildman–Crippen MR) is 82.3 cm³/mol. The van der Waals surface area contributed by atoms with Gasteiger partial charge < -0.3 is 19.3 Å². The molecule has 0 fully saturated rings. The van der Waals surface area contributed by atoms with E-state index in [-0.39, 0.29) is 6.61 Å². The van der Waals surface area contributed by atoms with Crippen LogP contribution in [-0.4, -0.2) is 31.3 Å². The molecule has 1 aliphatic rings. The third-order valence-corrected chi connectivity index (χ3v) is 3.91. The molecule has 0 saturated carbocycles. The fourth-order valence-corrected chi connectivity index (χ4v) is 2.67. The van der Waals surface area contributed by atoms with Crippen molar-refractivity contribution in [3.8, 4) is 11.5 Å². The molecule has 6 nitrogen and oxygen atoms in total. The van der Waals surface area contributed by atoms with E-state index in [9.17, 15) is 14.7 Å². The molecule has 2 atom stereocenters. The highest BCUT2D eigenvalue weighted by Crippen LogP contribution is 2.32. The summed E-state index contributed by atoms with van der Waals surface area (Å²) in [7, 11) is 3.04. The fourth-order valence-electron chi connectivity index (χ4n) is 2.67. The second kappa shape index (κ2) is 7.67. The Labute approximate surface area is 134 Å². The van der Waals surface area contributed by atoms with Gasteiger partial charge in [0.2, 0.25) is 0 Å². The van der Waals surface area contributed by atoms with Crippen LogP contribution in [0.25, 0.3) is 0 Å². The minimum absolute atomic E-state index is 0.00571. The highest BCUT2D eigenvalue weighted by molar-refractivity contribution is 5.81. The molecule has 0 spiro atoms. The lowest BCUT2D eigenvalue weighted by Gasteiger charge is -2.23. The van der Waals surface area contributed by atoms with Crippen LogP contribution in [0.1, 0.15) is 18.4 Å². The number of hydrogen-bond acceptors (Lipinski definition) is 5. The van der Waals surface area contributed by atoms with E-state index in [2.05, 4.69) is 0 Å². The van der Waals surface area contributed by atoms with Gasteiger partial charge in [-0.1, -0.05) is 24.3 Å². The minimum Gasteiger partial charge on any atom is -0.493 e. The number of carboxylic acid groups (broad SMARTS) is 1. The van der Waals surface area contributed by atoms with Crippen LogP contribution >= 0.6 is 0 Å². The summed E-state index contributed by atoms with van der Waals surface area (Å²) in [5, 5.41) is 9.22. The summed E-state index contributed by atoms with van der Waals surface area (Å²) in [4.78, 5) is 23.5. The predicted octanol–water partition coefficient (Wildman–Crippen LogP) is 2.41. The first kappa shape index (κ1) is 16.9. The maximum Gasteiger partial charge on any atom is 0.310 e. The van der Waals surface area contributed by atoms with E-state index < -0.39 is 23.8 Å². The van der Waals surface area contributed by atoms with Crippen molar-refractivity contribution in [2.75, 3.05) is 14.2 Å². The van der Waals surface area contributed by atoms with Crippen LogP contribution < -0.4 is 9.47 Å². The molecule has 1 aromatic rings. The van der Waals surface area contributed by atoms with Crippen LogP contribution in [0, 0.1) is 11.8 Å². The quantitative estimate of drug-likeness (QED) is 0.640. The van der Waals surface area contributed by atoms with E-state index in [1.165, 1.54) is 14.2 Å². The Kier molecular flexibility index (Phi) is 5.62. The molecule has 0 heterocycles. The van der Waals surface area contributed by atoms with Gasteiger partial charge in [0.25, 0.3) is 0 Å². The van der Waals surface area contributed by atoms with Crippen LogP contribution in [0.4, 0.5) is 0 Å². The number of benzene rings is 1. The molecule has 0 radical (unpaired) electrons. The molecule has 1 aliphatic carbocycles. The van der Waals surface area contributed by atoms with Crippen molar-refractivity contribution >= 4 is 11.9 Å². The monoisotopic (exact) mass is 320 g/mol. The smallest absolute Gasteiger partial charge is 0.310 e. The van der Waals surface area contributed by atoms with Gasteiger partial charge >= 0.3 is 11.9 Å². The Balaban J connectivity index is 2.07. The zero-order valence-electron chi connectivity index (χ0n) is 13.2. The second-order valence-corrected chi connectivity index (χ2v) is 5.25. The second-order valence-electron chi connectivity index (χ2n) is 5.25. The number of carboxylic acids is 1. The maximum atomic E-state index is 12.2. The fraction of sp³-hybridized carbons (Fsp3) is 0.412. The Morgan fingerprint density at radius 1 is 1.13 bits per heavy atom. The first-order chi connectivity index (χ1) is 11.1. The van der Waals surface area contributed by atoms with Crippen LogP contribution in [0.3, 0.4) is 0 Å². The molecule has 23 heavy (non-hydrogen) atoms. The molecule has 0 aliphatic heterocycles. The largest absolute Gasteiger partial charge is 0.493 e. The Morgan fingerprint density at radius 2 is 1.83 bits per heavy atom. The zero-order chi connectivity index (χ0) is 16.8. The molecule has 0 amide bonds. The number of rotatable bonds is 6. The number of ether oxygens (including phenoxy) is 3. The van der Waals surface area contributed by atoms with Crippen molar-refractivity contribution in [3.05, 3.63) is 35.9 Å². The van der Waals surface area contributed by atoms with Gasteiger partial charge in [0, 0.05) is 5.56 Å². The highest BCUT2D eigenvalue weighted by Gasteiger charge is 2.35. The number of carbonyl (C=O) groups is 2. The molecule has 0 aromatic heterocycles. The van der Waals surface area contributed by atoms with Crippen molar-refractivity contribution in [2.45, 2.75) is 19.4 Å². The first-order valence-corrected chi connectivity index (χ1v) is 7.32. The summed E-state index contributed by atoms with van der Waals surface area (Å²) in [6.07, 6.45) is 4.33. The normalized spacial score (nSPS) is 19.9. The number of para-hydroxylation sites is 1. The van der Waals surface area contributed by atoms with Gasteiger partial charge in [-0.2, -0.15) is 0 Å². The van der Waals surface area contributed by atoms with Gasteiger partial charge in [-0.05, 0) is 18.9 Å². The first-order valence-electron chi connectivity index (χ1n) is 7.32. The van der Waals surface area contributed by atoms with Gasteiger partial charge in [-0.25, -0.2) is 0 Å². The lowest BCUT2D eigenvalue weighted by atomic mass is 9.83. The van der Waals surface area contributed by atoms with Crippen LogP contribution in [0.2, 0.25) is 0 Å². The lowest BCUT2D eigenvalue weighted by molar-refractivity contribution is -0.158. The van der Waals surface area contributed by atoms with Crippen LogP contribution in [0.15, 0.2) is 30.4 Å². The Morgan fingerprint density at radius 3 is 2.43 bits per heavy atom. The number of esters is 1. The SMILES string of the molecule is COc1cccc(COC(=O)C2CC=CCC2C(=O)O)c1OC. The number of methoxy groups -OCH3 is 2. The van der Waals surface area contributed by atoms with E-state index in [1.54, 1.807) is 24.3 Å². The van der Waals surface area contributed by atoms with Crippen molar-refractivity contribution in [3.63, 3.8) is 0 Å². The average Bonchev–Trinajstić information content (AvgIpc) is 2.58. The average molecular weight is 320 g/mol. The molecular formula is C17H20O6. The van der Waals surface area contributed by atoms with Gasteiger partial charge in [-0.3, -0.25) is 9.59 Å². The molecule has 2 rings (SSSR count). The Bertz CT molecular complexity index is 607. The van der Waals surface area contributed by atoms with E-state index in [0.29, 0.717) is 29.9 Å². The number of allylic oxidation sites excluding steroid dienone is 2. The van der Waals surface area contributed by atoms with E-state index in [4.69, 9.17) is 14.2 Å². The molecule has 2 unspecified atom stereocenters. The van der Waals surface area contributed by atoms with E-state index in [0.717, 1.165) is 0 Å². The summed E-state index contributed by atoms with van der Waals surface area (Å²) in [6, 6.07) is 5.29. The topological polar surface area (TPSA) is 82.1 Å². The molecule has 1 aromatic carbocycles. The highest BCUT2D eigenvalue weighted by atomic mass is 16.5. The van der Waals surface area contributed by atoms with Crippen molar-refractivity contribution in [2.24, 2.45) is 11.8 Å². The molecule has 1 N–H and O–H groups in total. The lowest BCUT2D eigenvalue weighted by Crippen LogP contribution is -2.32. The third kappa shape index (κ3) is 3.83. The minimum atomic E-state index is -0.977. The number of aliphatic carboxylic acids is 1. The zero-order valence-corrected chi connectivity index (χ0v) is 13.2. The van der Waals surface area contributed by atoms with E-state index in [1.807, 2.05) is 6.08 Å². The molecule has 0 saturated heterocycles. The Hall–Kier alpha value is -2.50. The van der Waals surface area contributed by atoms with Crippen molar-refractivity contribution < 1.29 is 28.9 Å². The molecule has 124 valence electrons. The molecule has 0 bridgehead atoms. The van der Waals surface area contributed by atoms with Crippen LogP contribution in [-0.2, 0) is 20.9 Å². The summed E-state index contributed by atoms with van der Waals surface area (Å²) >= 11 is 0. The number of carbonyl (C=O) groups excluding carboxylic acids is 1. The van der Waals surface area contributed by atoms with E-state index >= 15 is 0 Å².